The number of hydrogen-bond donors (Lipinski definition) is 2. The summed E-state index contributed by atoms with van der Waals surface area (Å²) in [6, 6.07) is 0. The average Bonchev–Trinajstić information content (AvgIpc) is 2.50. The Labute approximate surface area is 95.6 Å². The molecule has 0 spiro atoms. The van der Waals surface area contributed by atoms with Crippen molar-refractivity contribution < 1.29 is 5.11 Å². The number of aliphatic hydroxyl groups is 1. The molecule has 1 heterocycles. The van der Waals surface area contributed by atoms with E-state index in [1.807, 2.05) is 20.0 Å². The van der Waals surface area contributed by atoms with Crippen molar-refractivity contribution >= 4 is 11.3 Å². The molecule has 15 heavy (non-hydrogen) atoms. The van der Waals surface area contributed by atoms with Gasteiger partial charge in [0.25, 0.3) is 0 Å². The number of thiazole rings is 1. The zero-order chi connectivity index (χ0) is 11.3. The van der Waals surface area contributed by atoms with Crippen LogP contribution in [0.1, 0.15) is 30.2 Å². The smallest absolute Gasteiger partial charge is 0.0897 e. The van der Waals surface area contributed by atoms with Crippen LogP contribution in [0.3, 0.4) is 0 Å². The number of aliphatic hydroxyl groups excluding tert-OH is 1. The molecule has 2 atom stereocenters. The number of rotatable bonds is 6. The van der Waals surface area contributed by atoms with Gasteiger partial charge in [-0.3, -0.25) is 0 Å². The van der Waals surface area contributed by atoms with E-state index < -0.39 is 0 Å². The zero-order valence-corrected chi connectivity index (χ0v) is 10.5. The van der Waals surface area contributed by atoms with Crippen LogP contribution in [0.5, 0.6) is 0 Å². The summed E-state index contributed by atoms with van der Waals surface area (Å²) < 4.78 is 0. The first-order valence-corrected chi connectivity index (χ1v) is 6.19. The van der Waals surface area contributed by atoms with Gasteiger partial charge >= 0.3 is 0 Å². The van der Waals surface area contributed by atoms with Crippen LogP contribution in [-0.4, -0.2) is 22.7 Å². The Balaban J connectivity index is 2.16. The molecule has 0 fully saturated rings. The first kappa shape index (κ1) is 12.6. The zero-order valence-electron chi connectivity index (χ0n) is 9.66. The molecule has 0 aliphatic carbocycles. The number of aromatic nitrogens is 1. The summed E-state index contributed by atoms with van der Waals surface area (Å²) in [5.41, 5.74) is 0. The number of nitrogens with one attached hydrogen (secondary N) is 1. The van der Waals surface area contributed by atoms with Gasteiger partial charge in [0.05, 0.1) is 11.1 Å². The Morgan fingerprint density at radius 2 is 2.27 bits per heavy atom. The second kappa shape index (κ2) is 6.20. The molecule has 4 heteroatoms. The normalized spacial score (nSPS) is 15.2. The van der Waals surface area contributed by atoms with Gasteiger partial charge in [0.2, 0.25) is 0 Å². The Kier molecular flexibility index (Phi) is 5.22. The fourth-order valence-corrected chi connectivity index (χ4v) is 2.36. The molecule has 0 saturated carbocycles. The average molecular weight is 228 g/mol. The van der Waals surface area contributed by atoms with E-state index in [-0.39, 0.29) is 6.10 Å². The Bertz CT molecular complexity index is 286. The van der Waals surface area contributed by atoms with Crippen LogP contribution in [0.2, 0.25) is 0 Å². The van der Waals surface area contributed by atoms with E-state index in [1.165, 1.54) is 4.88 Å². The minimum atomic E-state index is -0.201. The first-order chi connectivity index (χ1) is 7.08. The highest BCUT2D eigenvalue weighted by atomic mass is 32.1. The van der Waals surface area contributed by atoms with Crippen LogP contribution in [-0.2, 0) is 6.54 Å². The molecule has 86 valence electrons. The molecule has 3 nitrogen and oxygen atoms in total. The van der Waals surface area contributed by atoms with Crippen LogP contribution in [0.15, 0.2) is 6.20 Å². The van der Waals surface area contributed by atoms with Crippen LogP contribution >= 0.6 is 11.3 Å². The van der Waals surface area contributed by atoms with E-state index >= 15 is 0 Å². The van der Waals surface area contributed by atoms with Crippen LogP contribution in [0, 0.1) is 12.8 Å². The third kappa shape index (κ3) is 5.25. The van der Waals surface area contributed by atoms with Gasteiger partial charge in [-0.1, -0.05) is 6.92 Å². The van der Waals surface area contributed by atoms with Gasteiger partial charge in [0.1, 0.15) is 0 Å². The fourth-order valence-electron chi connectivity index (χ4n) is 1.59. The topological polar surface area (TPSA) is 45.2 Å². The lowest BCUT2D eigenvalue weighted by Gasteiger charge is -2.13. The molecule has 0 radical (unpaired) electrons. The molecule has 0 aliphatic rings. The molecule has 2 unspecified atom stereocenters. The van der Waals surface area contributed by atoms with Crippen LogP contribution in [0.4, 0.5) is 0 Å². The SMILES string of the molecule is Cc1ncc(CNCC(C)CC(C)O)s1. The monoisotopic (exact) mass is 228 g/mol. The minimum absolute atomic E-state index is 0.201. The second-order valence-electron chi connectivity index (χ2n) is 4.17. The predicted molar refractivity (Wildman–Crippen MR) is 64.0 cm³/mol. The maximum absolute atomic E-state index is 9.21. The van der Waals surface area contributed by atoms with Crippen LogP contribution in [0.25, 0.3) is 0 Å². The first-order valence-electron chi connectivity index (χ1n) is 5.38. The summed E-state index contributed by atoms with van der Waals surface area (Å²) in [6.45, 7) is 7.84. The van der Waals surface area contributed by atoms with Crippen molar-refractivity contribution in [3.8, 4) is 0 Å². The molecule has 0 aliphatic heterocycles. The van der Waals surface area contributed by atoms with Gasteiger partial charge in [-0.25, -0.2) is 4.98 Å². The van der Waals surface area contributed by atoms with Crippen molar-refractivity contribution in [1.29, 1.82) is 0 Å². The van der Waals surface area contributed by atoms with Crippen molar-refractivity contribution in [1.82, 2.24) is 10.3 Å². The molecular formula is C11H20N2OS. The van der Waals surface area contributed by atoms with Gasteiger partial charge in [0, 0.05) is 17.6 Å². The van der Waals surface area contributed by atoms with E-state index in [9.17, 15) is 5.11 Å². The maximum atomic E-state index is 9.21. The van der Waals surface area contributed by atoms with E-state index in [0.29, 0.717) is 5.92 Å². The highest BCUT2D eigenvalue weighted by molar-refractivity contribution is 7.11. The summed E-state index contributed by atoms with van der Waals surface area (Å²) in [5.74, 6) is 0.513. The maximum Gasteiger partial charge on any atom is 0.0897 e. The summed E-state index contributed by atoms with van der Waals surface area (Å²) >= 11 is 1.73. The largest absolute Gasteiger partial charge is 0.393 e. The highest BCUT2D eigenvalue weighted by Gasteiger charge is 2.05. The van der Waals surface area contributed by atoms with Crippen molar-refractivity contribution in [2.24, 2.45) is 5.92 Å². The third-order valence-corrected chi connectivity index (χ3v) is 3.12. The van der Waals surface area contributed by atoms with E-state index in [2.05, 4.69) is 17.2 Å². The van der Waals surface area contributed by atoms with Crippen molar-refractivity contribution in [3.05, 3.63) is 16.1 Å². The van der Waals surface area contributed by atoms with E-state index in [1.54, 1.807) is 11.3 Å². The van der Waals surface area contributed by atoms with Gasteiger partial charge in [-0.2, -0.15) is 0 Å². The Hall–Kier alpha value is -0.450. The van der Waals surface area contributed by atoms with Gasteiger partial charge < -0.3 is 10.4 Å². The lowest BCUT2D eigenvalue weighted by Crippen LogP contribution is -2.22. The summed E-state index contributed by atoms with van der Waals surface area (Å²) in [6.07, 6.45) is 2.58. The molecule has 0 amide bonds. The minimum Gasteiger partial charge on any atom is -0.393 e. The standard InChI is InChI=1S/C11H20N2OS/c1-8(4-9(2)14)5-12-6-11-7-13-10(3)15-11/h7-9,12,14H,4-6H2,1-3H3. The van der Waals surface area contributed by atoms with Crippen LogP contribution < -0.4 is 5.32 Å². The summed E-state index contributed by atoms with van der Waals surface area (Å²) in [4.78, 5) is 5.48. The molecule has 0 aromatic carbocycles. The second-order valence-corrected chi connectivity index (χ2v) is 5.49. The lowest BCUT2D eigenvalue weighted by atomic mass is 10.1. The summed E-state index contributed by atoms with van der Waals surface area (Å²) in [7, 11) is 0. The van der Waals surface area contributed by atoms with E-state index in [4.69, 9.17) is 0 Å². The number of nitrogens with zero attached hydrogens (tertiary/aromatic N) is 1. The number of hydrogen-bond acceptors (Lipinski definition) is 4. The molecule has 1 aromatic rings. The van der Waals surface area contributed by atoms with Crippen molar-refractivity contribution in [2.45, 2.75) is 39.8 Å². The van der Waals surface area contributed by atoms with Gasteiger partial charge in [-0.05, 0) is 32.7 Å². The third-order valence-electron chi connectivity index (χ3n) is 2.20. The van der Waals surface area contributed by atoms with Gasteiger partial charge in [-0.15, -0.1) is 11.3 Å². The summed E-state index contributed by atoms with van der Waals surface area (Å²) in [5, 5.41) is 13.7. The Morgan fingerprint density at radius 1 is 1.53 bits per heavy atom. The molecule has 0 bridgehead atoms. The number of aryl methyl sites for hydroxylation is 1. The molecular weight excluding hydrogens is 208 g/mol. The van der Waals surface area contributed by atoms with E-state index in [0.717, 1.165) is 24.5 Å². The predicted octanol–water partition coefficient (Wildman–Crippen LogP) is 1.95. The highest BCUT2D eigenvalue weighted by Crippen LogP contribution is 2.11. The molecule has 1 rings (SSSR count). The van der Waals surface area contributed by atoms with Gasteiger partial charge in [0.15, 0.2) is 0 Å². The quantitative estimate of drug-likeness (QED) is 0.782. The lowest BCUT2D eigenvalue weighted by molar-refractivity contribution is 0.163. The Morgan fingerprint density at radius 3 is 2.80 bits per heavy atom. The molecule has 0 saturated heterocycles. The van der Waals surface area contributed by atoms with Crippen molar-refractivity contribution in [2.75, 3.05) is 6.54 Å². The molecule has 2 N–H and O–H groups in total. The van der Waals surface area contributed by atoms with Crippen molar-refractivity contribution in [3.63, 3.8) is 0 Å². The molecule has 1 aromatic heterocycles. The fraction of sp³-hybridized carbons (Fsp3) is 0.727.